The van der Waals surface area contributed by atoms with Crippen LogP contribution >= 0.6 is 23.1 Å². The van der Waals surface area contributed by atoms with E-state index in [1.165, 1.54) is 28.0 Å². The van der Waals surface area contributed by atoms with Crippen molar-refractivity contribution in [3.8, 4) is 5.75 Å². The molecule has 6 aromatic rings. The van der Waals surface area contributed by atoms with E-state index in [4.69, 9.17) is 23.8 Å². The molecule has 2 aliphatic heterocycles. The van der Waals surface area contributed by atoms with Crippen LogP contribution in [0.15, 0.2) is 154 Å². The van der Waals surface area contributed by atoms with Crippen LogP contribution in [-0.2, 0) is 36.1 Å². The number of thioether (sulfide) groups is 1. The Hall–Kier alpha value is -6.97. The Morgan fingerprint density at radius 2 is 1.55 bits per heavy atom. The Morgan fingerprint density at radius 3 is 2.15 bits per heavy atom. The van der Waals surface area contributed by atoms with E-state index in [9.17, 15) is 14.4 Å². The molecule has 65 heavy (non-hydrogen) atoms. The minimum atomic E-state index is -0.978. The predicted octanol–water partition coefficient (Wildman–Crippen LogP) is 8.63. The van der Waals surface area contributed by atoms with Crippen LogP contribution in [0.4, 0.5) is 5.13 Å². The number of hydrogen-bond donors (Lipinski definition) is 2. The van der Waals surface area contributed by atoms with Crippen molar-refractivity contribution in [3.63, 3.8) is 0 Å². The zero-order chi connectivity index (χ0) is 44.8. The number of rotatable bonds is 16. The Morgan fingerprint density at radius 1 is 0.908 bits per heavy atom. The first-order valence-electron chi connectivity index (χ1n) is 21.4. The lowest BCUT2D eigenvalue weighted by atomic mass is 9.77. The summed E-state index contributed by atoms with van der Waals surface area (Å²) in [6.45, 7) is 1.78. The van der Waals surface area contributed by atoms with Crippen LogP contribution in [0, 0.1) is 6.92 Å². The van der Waals surface area contributed by atoms with E-state index in [1.54, 1.807) is 55.0 Å². The number of benzene rings is 4. The summed E-state index contributed by atoms with van der Waals surface area (Å²) in [5.74, 6) is -0.265. The van der Waals surface area contributed by atoms with Crippen LogP contribution in [-0.4, -0.2) is 68.9 Å². The van der Waals surface area contributed by atoms with Crippen LogP contribution < -0.4 is 15.4 Å². The van der Waals surface area contributed by atoms with Crippen LogP contribution in [0.5, 0.6) is 5.75 Å². The molecule has 2 amide bonds. The van der Waals surface area contributed by atoms with E-state index in [2.05, 4.69) is 57.3 Å². The fourth-order valence-corrected chi connectivity index (χ4v) is 10.3. The molecule has 2 atom stereocenters. The third-order valence-electron chi connectivity index (χ3n) is 11.6. The fourth-order valence-electron chi connectivity index (χ4n) is 8.26. The molecule has 2 N–H and O–H groups in total. The number of carbonyl (C=O) groups is 3. The van der Waals surface area contributed by atoms with E-state index >= 15 is 0 Å². The van der Waals surface area contributed by atoms with Crippen molar-refractivity contribution in [3.05, 3.63) is 183 Å². The first-order valence-corrected chi connectivity index (χ1v) is 23.3. The van der Waals surface area contributed by atoms with Gasteiger partial charge in [0.15, 0.2) is 16.6 Å². The Kier molecular flexibility index (Phi) is 12.9. The van der Waals surface area contributed by atoms with Crippen molar-refractivity contribution in [2.45, 2.75) is 62.3 Å². The van der Waals surface area contributed by atoms with Crippen molar-refractivity contribution in [1.29, 1.82) is 0 Å². The van der Waals surface area contributed by atoms with Gasteiger partial charge in [0.1, 0.15) is 46.8 Å². The molecule has 4 aromatic carbocycles. The van der Waals surface area contributed by atoms with Crippen molar-refractivity contribution < 1.29 is 33.2 Å². The minimum Gasteiger partial charge on any atom is -0.497 e. The summed E-state index contributed by atoms with van der Waals surface area (Å²) in [6, 6.07) is 38.4. The van der Waals surface area contributed by atoms with E-state index in [-0.39, 0.29) is 29.8 Å². The molecule has 1 aliphatic carbocycles. The zero-order valence-electron chi connectivity index (χ0n) is 35.7. The maximum absolute atomic E-state index is 14.5. The maximum atomic E-state index is 14.5. The number of methoxy groups -OCH3 is 1. The molecule has 330 valence electrons. The summed E-state index contributed by atoms with van der Waals surface area (Å²) in [4.78, 5) is 55.0. The molecule has 9 rings (SSSR count). The van der Waals surface area contributed by atoms with Gasteiger partial charge in [-0.1, -0.05) is 120 Å². The molecule has 15 heteroatoms. The Bertz CT molecular complexity index is 2640. The number of fused-ring (bicyclic) bond motifs is 1. The number of nitrogens with one attached hydrogen (secondary N) is 2. The van der Waals surface area contributed by atoms with Gasteiger partial charge >= 0.3 is 5.97 Å². The van der Waals surface area contributed by atoms with Gasteiger partial charge in [-0.15, -0.1) is 23.1 Å². The van der Waals surface area contributed by atoms with Gasteiger partial charge in [0.05, 0.1) is 12.8 Å². The fraction of sp³-hybridized carbons (Fsp3) is 0.240. The summed E-state index contributed by atoms with van der Waals surface area (Å²) >= 11 is 2.75. The first kappa shape index (κ1) is 43.3. The molecule has 4 heterocycles. The number of ether oxygens (including phenoxy) is 2. The highest BCUT2D eigenvalue weighted by molar-refractivity contribution is 8.00. The molecule has 0 bridgehead atoms. The van der Waals surface area contributed by atoms with Crippen LogP contribution in [0.25, 0.3) is 6.08 Å². The van der Waals surface area contributed by atoms with Gasteiger partial charge in [-0.2, -0.15) is 0 Å². The molecule has 2 fully saturated rings. The lowest BCUT2D eigenvalue weighted by Gasteiger charge is -2.49. The summed E-state index contributed by atoms with van der Waals surface area (Å²) < 4.78 is 16.4. The van der Waals surface area contributed by atoms with Gasteiger partial charge in [-0.25, -0.2) is 9.78 Å². The minimum absolute atomic E-state index is 0.0287. The second-order valence-corrected chi connectivity index (χ2v) is 17.8. The second-order valence-electron chi connectivity index (χ2n) is 15.8. The lowest BCUT2D eigenvalue weighted by molar-refractivity contribution is -0.153. The molecule has 0 unspecified atom stereocenters. The third kappa shape index (κ3) is 9.20. The smallest absolute Gasteiger partial charge is 0.355 e. The molecule has 1 saturated heterocycles. The Balaban J connectivity index is 0.993. The van der Waals surface area contributed by atoms with Gasteiger partial charge < -0.3 is 29.5 Å². The van der Waals surface area contributed by atoms with E-state index < -0.39 is 34.7 Å². The highest BCUT2D eigenvalue weighted by Crippen LogP contribution is 2.43. The van der Waals surface area contributed by atoms with Crippen molar-refractivity contribution in [2.75, 3.05) is 18.2 Å². The van der Waals surface area contributed by atoms with Crippen molar-refractivity contribution >= 4 is 57.8 Å². The normalized spacial score (nSPS) is 17.7. The number of anilines is 1. The summed E-state index contributed by atoms with van der Waals surface area (Å²) in [5, 5.41) is 16.8. The Labute approximate surface area is 384 Å². The number of thiazole rings is 1. The molecule has 2 aromatic heterocycles. The zero-order valence-corrected chi connectivity index (χ0v) is 37.3. The number of esters is 1. The number of nitrogens with zero attached hydrogens (tertiary/aromatic N) is 4. The molecule has 0 spiro atoms. The molecule has 3 aliphatic rings. The summed E-state index contributed by atoms with van der Waals surface area (Å²) in [5.41, 5.74) is 4.45. The third-order valence-corrected chi connectivity index (χ3v) is 13.6. The van der Waals surface area contributed by atoms with Crippen LogP contribution in [0.1, 0.15) is 65.1 Å². The monoisotopic (exact) mass is 906 g/mol. The maximum Gasteiger partial charge on any atom is 0.355 e. The second kappa shape index (κ2) is 19.4. The molecule has 13 nitrogen and oxygen atoms in total. The van der Waals surface area contributed by atoms with Gasteiger partial charge in [0.2, 0.25) is 0 Å². The molecule has 1 saturated carbocycles. The number of aryl methyl sites for hydroxylation is 1. The first-order chi connectivity index (χ1) is 31.8. The average molecular weight is 907 g/mol. The van der Waals surface area contributed by atoms with Gasteiger partial charge in [-0.05, 0) is 78.6 Å². The van der Waals surface area contributed by atoms with Crippen molar-refractivity contribution in [1.82, 2.24) is 20.4 Å². The van der Waals surface area contributed by atoms with E-state index in [1.807, 2.05) is 61.5 Å². The van der Waals surface area contributed by atoms with Crippen LogP contribution in [0.2, 0.25) is 0 Å². The average Bonchev–Trinajstić information content (AvgIpc) is 4.15. The molecule has 0 radical (unpaired) electrons. The topological polar surface area (TPSA) is 157 Å². The number of hydrogen-bond acceptors (Lipinski definition) is 13. The standard InChI is InChI=1S/C50H46N6O7S2/c1-32-28-40(63-54-32)27-24-34-30-64-47-43(46(58)56(47)44(34)48(59)61-29-33-22-25-38(60-2)26-23-33)52-45(57)42(55-62-39-20-12-13-21-39)41-31-65-49(51-41)53-50(35-14-6-3-7-15-35,36-16-8-4-9-17-36)37-18-10-5-11-19-37/h3-11,14-19,22-28,31,39,43,47H,12-13,20-21,29-30H2,1-2H3,(H,51,53)(H,52,57)/b27-24+,55-42-/t43-,47-/m1/s1. The lowest BCUT2D eigenvalue weighted by Crippen LogP contribution is -2.71. The number of oxime groups is 1. The van der Waals surface area contributed by atoms with Gasteiger partial charge in [-0.3, -0.25) is 14.5 Å². The summed E-state index contributed by atoms with van der Waals surface area (Å²) in [6.07, 6.45) is 6.94. The highest BCUT2D eigenvalue weighted by atomic mass is 32.2. The largest absolute Gasteiger partial charge is 0.497 e. The number of aromatic nitrogens is 2. The van der Waals surface area contributed by atoms with Crippen LogP contribution in [0.3, 0.4) is 0 Å². The number of β-lactam (4-membered cyclic amide) rings is 1. The van der Waals surface area contributed by atoms with E-state index in [0.29, 0.717) is 33.7 Å². The van der Waals surface area contributed by atoms with E-state index in [0.717, 1.165) is 47.9 Å². The quantitative estimate of drug-likeness (QED) is 0.0315. The van der Waals surface area contributed by atoms with Gasteiger partial charge in [0, 0.05) is 17.2 Å². The number of carbonyl (C=O) groups excluding carboxylic acids is 3. The molecular formula is C50H46N6O7S2. The highest BCUT2D eigenvalue weighted by Gasteiger charge is 2.54. The SMILES string of the molecule is COc1ccc(COC(=O)C2=C(/C=C/c3cc(C)no3)CS[C@@H]3[C@H](NC(=O)/C(=N\OC4CCCC4)c4csc(NC(c5ccccc5)(c5ccccc5)c5ccccc5)n4)C(=O)N23)cc1. The van der Waals surface area contributed by atoms with Gasteiger partial charge in [0.25, 0.3) is 11.8 Å². The number of amides is 2. The predicted molar refractivity (Wildman–Crippen MR) is 250 cm³/mol. The molecular weight excluding hydrogens is 861 g/mol. The number of allylic oxidation sites excluding steroid dienone is 1. The summed E-state index contributed by atoms with van der Waals surface area (Å²) in [7, 11) is 1.58. The van der Waals surface area contributed by atoms with Crippen molar-refractivity contribution in [2.24, 2.45) is 5.16 Å².